The molecule has 0 atom stereocenters. The first kappa shape index (κ1) is 44.1. The molecular formula is C45H58IrNO2S3-. The van der Waals surface area contributed by atoms with Gasteiger partial charge in [-0.15, -0.1) is 47.6 Å². The Bertz CT molecular complexity index is 2020. The molecule has 0 aliphatic heterocycles. The Morgan fingerprint density at radius 2 is 1.60 bits per heavy atom. The first-order chi connectivity index (χ1) is 23.9. The van der Waals surface area contributed by atoms with Gasteiger partial charge in [0.1, 0.15) is 5.76 Å². The fraction of sp³-hybridized carbons (Fsp3) is 0.467. The van der Waals surface area contributed by atoms with E-state index < -0.39 is 0 Å². The smallest absolute Gasteiger partial charge is 0.164 e. The second-order valence-electron chi connectivity index (χ2n) is 16.0. The zero-order valence-electron chi connectivity index (χ0n) is 33.2. The van der Waals surface area contributed by atoms with Crippen molar-refractivity contribution in [2.45, 2.75) is 125 Å². The van der Waals surface area contributed by atoms with Gasteiger partial charge in [0.05, 0.1) is 0 Å². The Morgan fingerprint density at radius 3 is 2.17 bits per heavy atom. The molecule has 0 amide bonds. The third-order valence-corrected chi connectivity index (χ3v) is 13.7. The maximum atomic E-state index is 12.2. The van der Waals surface area contributed by atoms with E-state index in [1.807, 2.05) is 59.1 Å². The van der Waals surface area contributed by atoms with E-state index in [9.17, 15) is 9.90 Å². The van der Waals surface area contributed by atoms with Crippen LogP contribution in [0.4, 0.5) is 0 Å². The first-order valence-corrected chi connectivity index (χ1v) is 20.7. The Morgan fingerprint density at radius 1 is 0.962 bits per heavy atom. The first-order valence-electron chi connectivity index (χ1n) is 18.5. The molecule has 1 N–H and O–H groups in total. The SMILES string of the molecule is CCC(C)(CC)C(=O)/C=C(\O)C(C)(CC)CC.Cc1c(CC(C)C)sc2cc(-c3ccnc(-c4[c-]c5ccsc5c(C(C)(C)C)c4)c3S)ccc12.[Ir]. The molecule has 0 saturated carbocycles. The molecule has 0 bridgehead atoms. The third-order valence-electron chi connectivity index (χ3n) is 11.0. The second kappa shape index (κ2) is 17.9. The van der Waals surface area contributed by atoms with Crippen LogP contribution in [0.15, 0.2) is 64.7 Å². The molecule has 3 aromatic heterocycles. The van der Waals surface area contributed by atoms with E-state index in [2.05, 4.69) is 89.4 Å². The Hall–Kier alpha value is -2.28. The van der Waals surface area contributed by atoms with E-state index in [4.69, 9.17) is 17.6 Å². The molecule has 1 radical (unpaired) electrons. The van der Waals surface area contributed by atoms with E-state index in [0.29, 0.717) is 5.92 Å². The van der Waals surface area contributed by atoms with Crippen molar-refractivity contribution in [3.05, 3.63) is 81.9 Å². The number of hydrogen-bond donors (Lipinski definition) is 2. The van der Waals surface area contributed by atoms with E-state index in [1.54, 1.807) is 11.3 Å². The number of aliphatic hydroxyl groups is 1. The van der Waals surface area contributed by atoms with Crippen molar-refractivity contribution in [1.82, 2.24) is 4.98 Å². The molecule has 0 aliphatic carbocycles. The number of benzene rings is 2. The number of nitrogens with zero attached hydrogens (tertiary/aromatic N) is 1. The number of pyridine rings is 1. The van der Waals surface area contributed by atoms with Crippen molar-refractivity contribution in [2.24, 2.45) is 16.7 Å². The van der Waals surface area contributed by atoms with Crippen LogP contribution in [0.2, 0.25) is 0 Å². The minimum atomic E-state index is -0.337. The fourth-order valence-corrected chi connectivity index (χ4v) is 9.19. The van der Waals surface area contributed by atoms with E-state index in [1.165, 1.54) is 42.4 Å². The summed E-state index contributed by atoms with van der Waals surface area (Å²) in [7, 11) is 0. The summed E-state index contributed by atoms with van der Waals surface area (Å²) in [6.45, 7) is 25.7. The number of fused-ring (bicyclic) bond motifs is 2. The van der Waals surface area contributed by atoms with Gasteiger partial charge < -0.3 is 5.11 Å². The Balaban J connectivity index is 0.000000347. The van der Waals surface area contributed by atoms with Crippen LogP contribution in [0.3, 0.4) is 0 Å². The summed E-state index contributed by atoms with van der Waals surface area (Å²) in [5.74, 6) is 0.946. The Kier molecular flexibility index (Phi) is 15.2. The van der Waals surface area contributed by atoms with Crippen molar-refractivity contribution in [3.63, 3.8) is 0 Å². The predicted octanol–water partition coefficient (Wildman–Crippen LogP) is 14.4. The Labute approximate surface area is 340 Å². The van der Waals surface area contributed by atoms with Crippen LogP contribution in [0, 0.1) is 29.7 Å². The molecule has 5 rings (SSSR count). The minimum Gasteiger partial charge on any atom is -0.512 e. The minimum absolute atomic E-state index is 0. The third kappa shape index (κ3) is 9.50. The van der Waals surface area contributed by atoms with Crippen LogP contribution in [-0.4, -0.2) is 15.9 Å². The number of thiol groups is 1. The summed E-state index contributed by atoms with van der Waals surface area (Å²) in [5, 5.41) is 14.8. The fourth-order valence-electron chi connectivity index (χ4n) is 6.27. The number of carbonyl (C=O) groups is 1. The molecule has 0 unspecified atom stereocenters. The van der Waals surface area contributed by atoms with Gasteiger partial charge in [0, 0.05) is 63.4 Å². The number of allylic oxidation sites excluding steroid dienone is 2. The number of aryl methyl sites for hydroxylation is 1. The molecule has 7 heteroatoms. The van der Waals surface area contributed by atoms with E-state index >= 15 is 0 Å². The van der Waals surface area contributed by atoms with Crippen LogP contribution in [0.25, 0.3) is 42.6 Å². The zero-order valence-corrected chi connectivity index (χ0v) is 38.1. The van der Waals surface area contributed by atoms with Crippen LogP contribution in [0.5, 0.6) is 0 Å². The van der Waals surface area contributed by atoms with Crippen LogP contribution in [0.1, 0.15) is 118 Å². The summed E-state index contributed by atoms with van der Waals surface area (Å²) in [6.07, 6.45) is 7.79. The van der Waals surface area contributed by atoms with Gasteiger partial charge in [-0.2, -0.15) is 11.3 Å². The van der Waals surface area contributed by atoms with Crippen molar-refractivity contribution >= 4 is 61.3 Å². The van der Waals surface area contributed by atoms with Crippen molar-refractivity contribution in [2.75, 3.05) is 0 Å². The number of hydrogen-bond acceptors (Lipinski definition) is 6. The van der Waals surface area contributed by atoms with Gasteiger partial charge in [-0.3, -0.25) is 9.78 Å². The average Bonchev–Trinajstić information content (AvgIpc) is 3.70. The maximum absolute atomic E-state index is 12.2. The molecule has 3 heterocycles. The van der Waals surface area contributed by atoms with Gasteiger partial charge in [0.25, 0.3) is 0 Å². The van der Waals surface area contributed by atoms with Crippen LogP contribution < -0.4 is 0 Å². The molecule has 52 heavy (non-hydrogen) atoms. The summed E-state index contributed by atoms with van der Waals surface area (Å²) in [5.41, 5.74) is 6.40. The largest absolute Gasteiger partial charge is 0.512 e. The molecule has 3 nitrogen and oxygen atoms in total. The predicted molar refractivity (Wildman–Crippen MR) is 227 cm³/mol. The van der Waals surface area contributed by atoms with Gasteiger partial charge in [0.15, 0.2) is 5.78 Å². The molecule has 0 fully saturated rings. The monoisotopic (exact) mass is 933 g/mol. The topological polar surface area (TPSA) is 50.2 Å². The number of thiophene rings is 2. The zero-order chi connectivity index (χ0) is 37.9. The van der Waals surface area contributed by atoms with Gasteiger partial charge >= 0.3 is 0 Å². The van der Waals surface area contributed by atoms with Crippen molar-refractivity contribution in [1.29, 1.82) is 0 Å². The number of aliphatic hydroxyl groups excluding tert-OH is 1. The standard InChI is InChI=1S/C30H30NS3.C15H28O2.Ir/c1-17(2)13-25-18(3)22-8-7-19(16-26(22)34-25)23-9-11-31-27(28(23)32)21-14-20-10-12-33-29(20)24(15-21)30(4,5)6;1-7-14(5,8-2)12(16)11-13(17)15(6,9-3)10-4;/h7-12,15-17,32H,13H2,1-6H3;11,16H,7-10H2,1-6H3;/q-1;;/b;12-11-;. The van der Waals surface area contributed by atoms with Gasteiger partial charge in [-0.1, -0.05) is 99.4 Å². The van der Waals surface area contributed by atoms with Gasteiger partial charge in [0.2, 0.25) is 0 Å². The van der Waals surface area contributed by atoms with Crippen LogP contribution >= 0.6 is 35.3 Å². The summed E-state index contributed by atoms with van der Waals surface area (Å²) in [6, 6.07) is 16.9. The molecule has 283 valence electrons. The van der Waals surface area contributed by atoms with Crippen molar-refractivity contribution < 1.29 is 30.0 Å². The quantitative estimate of drug-likeness (QED) is 0.0600. The normalized spacial score (nSPS) is 12.6. The van der Waals surface area contributed by atoms with E-state index in [0.717, 1.165) is 59.2 Å². The van der Waals surface area contributed by atoms with Crippen molar-refractivity contribution in [3.8, 4) is 22.4 Å². The molecule has 2 aromatic carbocycles. The number of rotatable bonds is 11. The molecule has 5 aromatic rings. The van der Waals surface area contributed by atoms with Crippen LogP contribution in [-0.2, 0) is 36.7 Å². The summed E-state index contributed by atoms with van der Waals surface area (Å²) >= 11 is 8.72. The summed E-state index contributed by atoms with van der Waals surface area (Å²) in [4.78, 5) is 19.3. The molecule has 0 saturated heterocycles. The second-order valence-corrected chi connectivity index (χ2v) is 18.5. The van der Waals surface area contributed by atoms with Gasteiger partial charge in [-0.25, -0.2) is 0 Å². The number of ketones is 1. The van der Waals surface area contributed by atoms with E-state index in [-0.39, 0.29) is 47.9 Å². The molecule has 0 aliphatic rings. The number of carbonyl (C=O) groups excluding carboxylic acids is 1. The number of aromatic nitrogens is 1. The summed E-state index contributed by atoms with van der Waals surface area (Å²) < 4.78 is 2.65. The van der Waals surface area contributed by atoms with Gasteiger partial charge in [-0.05, 0) is 94.7 Å². The maximum Gasteiger partial charge on any atom is 0.164 e. The molecule has 0 spiro atoms. The average molecular weight is 933 g/mol. The molecular weight excluding hydrogens is 875 g/mol.